The third-order valence-corrected chi connectivity index (χ3v) is 6.69. The number of sulfonamides is 1. The number of hydrogen-bond acceptors (Lipinski definition) is 3. The molecule has 0 bridgehead atoms. The lowest BCUT2D eigenvalue weighted by Gasteiger charge is -2.23. The molecule has 0 spiro atoms. The number of halogens is 2. The van der Waals surface area contributed by atoms with Gasteiger partial charge in [0.25, 0.3) is 0 Å². The largest absolute Gasteiger partial charge is 0.325 e. The minimum absolute atomic E-state index is 0.138. The van der Waals surface area contributed by atoms with E-state index in [1.165, 1.54) is 28.6 Å². The van der Waals surface area contributed by atoms with E-state index in [1.807, 2.05) is 6.07 Å². The summed E-state index contributed by atoms with van der Waals surface area (Å²) in [7, 11) is -3.75. The van der Waals surface area contributed by atoms with Gasteiger partial charge in [-0.05, 0) is 55.3 Å². The van der Waals surface area contributed by atoms with Crippen molar-refractivity contribution >= 4 is 49.1 Å². The lowest BCUT2D eigenvalue weighted by molar-refractivity contribution is -0.119. The Labute approximate surface area is 160 Å². The van der Waals surface area contributed by atoms with Crippen LogP contribution in [0.15, 0.2) is 57.9 Å². The molecule has 0 saturated carbocycles. The third-order valence-electron chi connectivity index (χ3n) is 4.02. The molecule has 2 aromatic rings. The van der Waals surface area contributed by atoms with E-state index in [-0.39, 0.29) is 10.8 Å². The summed E-state index contributed by atoms with van der Waals surface area (Å²) in [4.78, 5) is 12.8. The quantitative estimate of drug-likeness (QED) is 0.779. The van der Waals surface area contributed by atoms with Crippen LogP contribution in [0.2, 0.25) is 5.02 Å². The zero-order valence-electron chi connectivity index (χ0n) is 13.2. The van der Waals surface area contributed by atoms with Crippen molar-refractivity contribution in [1.82, 2.24) is 4.31 Å². The van der Waals surface area contributed by atoms with E-state index >= 15 is 0 Å². The van der Waals surface area contributed by atoms with Crippen molar-refractivity contribution in [1.29, 1.82) is 0 Å². The van der Waals surface area contributed by atoms with Crippen LogP contribution in [0.3, 0.4) is 0 Å². The number of anilines is 1. The first-order chi connectivity index (χ1) is 11.9. The molecular weight excluding hydrogens is 428 g/mol. The number of hydrogen-bond donors (Lipinski definition) is 1. The molecule has 1 saturated heterocycles. The van der Waals surface area contributed by atoms with Gasteiger partial charge in [0.05, 0.1) is 4.90 Å². The minimum Gasteiger partial charge on any atom is -0.325 e. The van der Waals surface area contributed by atoms with Crippen molar-refractivity contribution in [3.8, 4) is 0 Å². The van der Waals surface area contributed by atoms with Gasteiger partial charge < -0.3 is 5.32 Å². The molecule has 1 amide bonds. The van der Waals surface area contributed by atoms with Gasteiger partial charge in [0, 0.05) is 21.7 Å². The molecule has 0 aromatic heterocycles. The fourth-order valence-corrected chi connectivity index (χ4v) is 5.01. The van der Waals surface area contributed by atoms with Crippen molar-refractivity contribution < 1.29 is 13.2 Å². The van der Waals surface area contributed by atoms with E-state index < -0.39 is 16.1 Å². The summed E-state index contributed by atoms with van der Waals surface area (Å²) < 4.78 is 27.8. The highest BCUT2D eigenvalue weighted by molar-refractivity contribution is 9.10. The maximum absolute atomic E-state index is 12.9. The van der Waals surface area contributed by atoms with Crippen molar-refractivity contribution in [2.75, 3.05) is 11.9 Å². The molecule has 1 N–H and O–H groups in total. The predicted molar refractivity (Wildman–Crippen MR) is 101 cm³/mol. The number of carbonyl (C=O) groups excluding carboxylic acids is 1. The van der Waals surface area contributed by atoms with Crippen LogP contribution < -0.4 is 5.32 Å². The van der Waals surface area contributed by atoms with Gasteiger partial charge in [-0.3, -0.25) is 4.79 Å². The third kappa shape index (κ3) is 4.06. The average molecular weight is 444 g/mol. The number of rotatable bonds is 4. The first-order valence-corrected chi connectivity index (χ1v) is 10.3. The molecule has 1 atom stereocenters. The van der Waals surface area contributed by atoms with Crippen molar-refractivity contribution in [2.24, 2.45) is 0 Å². The van der Waals surface area contributed by atoms with Gasteiger partial charge in [0.2, 0.25) is 15.9 Å². The fourth-order valence-electron chi connectivity index (χ4n) is 2.82. The smallest absolute Gasteiger partial charge is 0.243 e. The molecule has 25 heavy (non-hydrogen) atoms. The Kier molecular flexibility index (Phi) is 5.48. The normalized spacial score (nSPS) is 18.2. The second kappa shape index (κ2) is 7.45. The van der Waals surface area contributed by atoms with Crippen LogP contribution in [0.5, 0.6) is 0 Å². The average Bonchev–Trinajstić information content (AvgIpc) is 3.06. The number of amides is 1. The lowest BCUT2D eigenvalue weighted by Crippen LogP contribution is -2.43. The number of benzene rings is 2. The highest BCUT2D eigenvalue weighted by Crippen LogP contribution is 2.28. The predicted octanol–water partition coefficient (Wildman–Crippen LogP) is 3.89. The highest BCUT2D eigenvalue weighted by atomic mass is 79.9. The monoisotopic (exact) mass is 442 g/mol. The Morgan fingerprint density at radius 3 is 2.60 bits per heavy atom. The number of carbonyl (C=O) groups is 1. The van der Waals surface area contributed by atoms with Gasteiger partial charge in [-0.15, -0.1) is 0 Å². The first-order valence-electron chi connectivity index (χ1n) is 7.72. The maximum Gasteiger partial charge on any atom is 0.243 e. The van der Waals surface area contributed by atoms with E-state index in [4.69, 9.17) is 11.6 Å². The van der Waals surface area contributed by atoms with Gasteiger partial charge >= 0.3 is 0 Å². The van der Waals surface area contributed by atoms with Crippen molar-refractivity contribution in [3.63, 3.8) is 0 Å². The van der Waals surface area contributed by atoms with E-state index in [9.17, 15) is 13.2 Å². The van der Waals surface area contributed by atoms with Gasteiger partial charge in [-0.1, -0.05) is 33.6 Å². The van der Waals surface area contributed by atoms with Gasteiger partial charge in [-0.25, -0.2) is 8.42 Å². The fraction of sp³-hybridized carbons (Fsp3) is 0.235. The van der Waals surface area contributed by atoms with Crippen LogP contribution in [-0.2, 0) is 14.8 Å². The zero-order chi connectivity index (χ0) is 18.0. The molecule has 8 heteroatoms. The van der Waals surface area contributed by atoms with E-state index in [2.05, 4.69) is 21.2 Å². The molecule has 132 valence electrons. The summed E-state index contributed by atoms with van der Waals surface area (Å²) in [5.41, 5.74) is 0.620. The van der Waals surface area contributed by atoms with Crippen LogP contribution in [0, 0.1) is 0 Å². The van der Waals surface area contributed by atoms with Crippen LogP contribution in [0.4, 0.5) is 5.69 Å². The Bertz CT molecular complexity index is 887. The summed E-state index contributed by atoms with van der Waals surface area (Å²) in [6, 6.07) is 12.4. The van der Waals surface area contributed by atoms with Gasteiger partial charge in [-0.2, -0.15) is 4.31 Å². The van der Waals surface area contributed by atoms with Crippen LogP contribution >= 0.6 is 27.5 Å². The van der Waals surface area contributed by atoms with Crippen molar-refractivity contribution in [3.05, 3.63) is 58.0 Å². The Balaban J connectivity index is 1.82. The van der Waals surface area contributed by atoms with E-state index in [1.54, 1.807) is 18.2 Å². The summed E-state index contributed by atoms with van der Waals surface area (Å²) in [6.07, 6.45) is 1.13. The second-order valence-electron chi connectivity index (χ2n) is 5.73. The van der Waals surface area contributed by atoms with E-state index in [0.29, 0.717) is 30.1 Å². The Morgan fingerprint density at radius 2 is 1.92 bits per heavy atom. The standard InChI is InChI=1S/C17H16BrClN2O3S/c18-12-3-1-4-14(11-12)20-17(22)16-5-2-10-21(16)25(23,24)15-8-6-13(19)7-9-15/h1,3-4,6-9,11,16H,2,5,10H2,(H,20,22)/t16-/m1/s1. The summed E-state index contributed by atoms with van der Waals surface area (Å²) in [5.74, 6) is -0.326. The Morgan fingerprint density at radius 1 is 1.20 bits per heavy atom. The number of nitrogens with zero attached hydrogens (tertiary/aromatic N) is 1. The van der Waals surface area contributed by atoms with Gasteiger partial charge in [0.1, 0.15) is 6.04 Å². The highest BCUT2D eigenvalue weighted by Gasteiger charge is 2.39. The van der Waals surface area contributed by atoms with Crippen molar-refractivity contribution in [2.45, 2.75) is 23.8 Å². The molecule has 1 aliphatic rings. The molecule has 1 aliphatic heterocycles. The van der Waals surface area contributed by atoms with Crippen LogP contribution in [0.1, 0.15) is 12.8 Å². The van der Waals surface area contributed by atoms with Crippen LogP contribution in [0.25, 0.3) is 0 Å². The second-order valence-corrected chi connectivity index (χ2v) is 8.97. The molecule has 0 radical (unpaired) electrons. The maximum atomic E-state index is 12.9. The molecule has 0 aliphatic carbocycles. The summed E-state index contributed by atoms with van der Waals surface area (Å²) in [5, 5.41) is 3.25. The first kappa shape index (κ1) is 18.4. The lowest BCUT2D eigenvalue weighted by atomic mass is 10.2. The number of nitrogens with one attached hydrogen (secondary N) is 1. The summed E-state index contributed by atoms with van der Waals surface area (Å²) >= 11 is 9.17. The Hall–Kier alpha value is -1.41. The molecule has 2 aromatic carbocycles. The molecule has 1 fully saturated rings. The molecule has 1 heterocycles. The molecular formula is C17H16BrClN2O3S. The summed E-state index contributed by atoms with van der Waals surface area (Å²) in [6.45, 7) is 0.321. The van der Waals surface area contributed by atoms with Gasteiger partial charge in [0.15, 0.2) is 0 Å². The van der Waals surface area contributed by atoms with Crippen LogP contribution in [-0.4, -0.2) is 31.2 Å². The molecule has 3 rings (SSSR count). The molecule has 0 unspecified atom stereocenters. The SMILES string of the molecule is O=C(Nc1cccc(Br)c1)[C@H]1CCCN1S(=O)(=O)c1ccc(Cl)cc1. The van der Waals surface area contributed by atoms with E-state index in [0.717, 1.165) is 4.47 Å². The molecule has 5 nitrogen and oxygen atoms in total. The minimum atomic E-state index is -3.75. The topological polar surface area (TPSA) is 66.5 Å². The zero-order valence-corrected chi connectivity index (χ0v) is 16.3.